The number of aliphatic carboxylic acids is 1. The van der Waals surface area contributed by atoms with E-state index in [9.17, 15) is 24.3 Å². The third-order valence-electron chi connectivity index (χ3n) is 4.77. The number of hydrogen-bond donors (Lipinski definition) is 3. The summed E-state index contributed by atoms with van der Waals surface area (Å²) >= 11 is 5.45. The minimum atomic E-state index is -1.68. The molecule has 0 unspecified atom stereocenters. The molecular weight excluding hydrogens is 494 g/mol. The van der Waals surface area contributed by atoms with Crippen molar-refractivity contribution in [3.63, 3.8) is 0 Å². The van der Waals surface area contributed by atoms with E-state index in [4.69, 9.17) is 0 Å². The molecule has 1 fully saturated rings. The summed E-state index contributed by atoms with van der Waals surface area (Å²) < 4.78 is 0.708. The van der Waals surface area contributed by atoms with Crippen LogP contribution in [0.15, 0.2) is 33.1 Å². The van der Waals surface area contributed by atoms with Crippen LogP contribution in [0.25, 0.3) is 0 Å². The molecule has 2 aliphatic heterocycles. The molecule has 2 aliphatic rings. The molecule has 168 valence electrons. The molecular formula is C18H17N5O5S4. The minimum Gasteiger partial charge on any atom is -0.477 e. The van der Waals surface area contributed by atoms with Gasteiger partial charge in [0, 0.05) is 16.4 Å². The van der Waals surface area contributed by atoms with Gasteiger partial charge in [-0.2, -0.15) is 0 Å². The Labute approximate surface area is 198 Å². The van der Waals surface area contributed by atoms with Crippen molar-refractivity contribution < 1.29 is 24.3 Å². The summed E-state index contributed by atoms with van der Waals surface area (Å²) in [4.78, 5) is 51.0. The van der Waals surface area contributed by atoms with Gasteiger partial charge in [-0.25, -0.2) is 4.79 Å². The third kappa shape index (κ3) is 4.14. The summed E-state index contributed by atoms with van der Waals surface area (Å²) in [6, 6.07) is 3.61. The normalized spacial score (nSPS) is 22.2. The molecule has 2 atom stereocenters. The fraction of sp³-hybridized carbons (Fsp3) is 0.333. The van der Waals surface area contributed by atoms with E-state index in [1.165, 1.54) is 46.2 Å². The predicted octanol–water partition coefficient (Wildman–Crippen LogP) is 1.06. The maximum Gasteiger partial charge on any atom is 0.352 e. The summed E-state index contributed by atoms with van der Waals surface area (Å²) in [7, 11) is 0. The van der Waals surface area contributed by atoms with Crippen LogP contribution in [-0.4, -0.2) is 66.9 Å². The van der Waals surface area contributed by atoms with Gasteiger partial charge in [-0.3, -0.25) is 19.3 Å². The number of amides is 3. The Kier molecular flexibility index (Phi) is 6.55. The van der Waals surface area contributed by atoms with E-state index >= 15 is 0 Å². The van der Waals surface area contributed by atoms with Gasteiger partial charge in [-0.1, -0.05) is 29.2 Å². The number of hydrogen-bond acceptors (Lipinski definition) is 10. The van der Waals surface area contributed by atoms with Crippen LogP contribution in [0.5, 0.6) is 0 Å². The van der Waals surface area contributed by atoms with Gasteiger partial charge in [-0.05, 0) is 23.9 Å². The van der Waals surface area contributed by atoms with E-state index in [0.29, 0.717) is 27.8 Å². The number of carbonyl (C=O) groups is 4. The molecule has 2 aromatic rings. The van der Waals surface area contributed by atoms with Crippen LogP contribution in [0.3, 0.4) is 0 Å². The summed E-state index contributed by atoms with van der Waals surface area (Å²) in [5.74, 6) is -1.71. The van der Waals surface area contributed by atoms with E-state index in [1.54, 1.807) is 6.07 Å². The standard InChI is InChI=1S/C18H17N5O5S4/c1-9-21-22-17(32-9)31-7-10-6-30-16-18(19-8-24,15(28)23(16)13(10)14(26)27)20-12(25)5-11-3-2-4-29-11/h2-4,8,16H,5-7H2,1H3,(H,19,24)(H,20,25)(H,26,27)/t16-,18-/m1/s1. The zero-order chi connectivity index (χ0) is 22.9. The second-order valence-electron chi connectivity index (χ2n) is 6.85. The fourth-order valence-electron chi connectivity index (χ4n) is 3.43. The first-order valence-corrected chi connectivity index (χ1v) is 13.0. The lowest BCUT2D eigenvalue weighted by atomic mass is 9.95. The molecule has 0 bridgehead atoms. The van der Waals surface area contributed by atoms with Crippen LogP contribution in [0.1, 0.15) is 9.88 Å². The molecule has 0 aromatic carbocycles. The number of β-lactam (4-membered cyclic amide) rings is 1. The van der Waals surface area contributed by atoms with E-state index in [2.05, 4.69) is 20.8 Å². The highest BCUT2D eigenvalue weighted by Gasteiger charge is 2.65. The molecule has 1 saturated heterocycles. The van der Waals surface area contributed by atoms with Crippen LogP contribution in [0.4, 0.5) is 0 Å². The van der Waals surface area contributed by atoms with Crippen LogP contribution in [0, 0.1) is 6.92 Å². The fourth-order valence-corrected chi connectivity index (χ4v) is 7.51. The van der Waals surface area contributed by atoms with Crippen molar-refractivity contribution in [1.82, 2.24) is 25.7 Å². The van der Waals surface area contributed by atoms with Gasteiger partial charge in [0.1, 0.15) is 16.1 Å². The first-order valence-electron chi connectivity index (χ1n) is 9.24. The largest absolute Gasteiger partial charge is 0.477 e. The van der Waals surface area contributed by atoms with Gasteiger partial charge in [0.2, 0.25) is 18.0 Å². The SMILES string of the molecule is Cc1nnc(SCC2=C(C(=O)O)N3C(=O)[C@@](NC=O)(NC(=O)Cc4cccs4)[C@H]3SC2)s1. The number of fused-ring (bicyclic) bond motifs is 1. The number of nitrogens with one attached hydrogen (secondary N) is 2. The van der Waals surface area contributed by atoms with Crippen molar-refractivity contribution in [3.05, 3.63) is 38.7 Å². The molecule has 0 saturated carbocycles. The van der Waals surface area contributed by atoms with Crippen molar-refractivity contribution in [2.45, 2.75) is 28.7 Å². The number of carboxylic acid groups (broad SMARTS) is 1. The molecule has 0 aliphatic carbocycles. The lowest BCUT2D eigenvalue weighted by Crippen LogP contribution is -2.85. The topological polar surface area (TPSA) is 142 Å². The van der Waals surface area contributed by atoms with Gasteiger partial charge >= 0.3 is 5.97 Å². The highest BCUT2D eigenvalue weighted by atomic mass is 32.2. The smallest absolute Gasteiger partial charge is 0.352 e. The quantitative estimate of drug-likeness (QED) is 0.195. The van der Waals surface area contributed by atoms with E-state index < -0.39 is 28.8 Å². The van der Waals surface area contributed by atoms with E-state index in [-0.39, 0.29) is 12.1 Å². The lowest BCUT2D eigenvalue weighted by Gasteiger charge is -2.56. The Balaban J connectivity index is 1.55. The molecule has 4 rings (SSSR count). The molecule has 2 aromatic heterocycles. The average Bonchev–Trinajstić information content (AvgIpc) is 3.42. The number of carbonyl (C=O) groups excluding carboxylic acids is 3. The second kappa shape index (κ2) is 9.21. The minimum absolute atomic E-state index is 0.0510. The van der Waals surface area contributed by atoms with E-state index in [1.807, 2.05) is 18.4 Å². The average molecular weight is 512 g/mol. The Morgan fingerprint density at radius 2 is 2.25 bits per heavy atom. The highest BCUT2D eigenvalue weighted by Crippen LogP contribution is 2.45. The molecule has 10 nitrogen and oxygen atoms in total. The zero-order valence-corrected chi connectivity index (χ0v) is 19.8. The molecule has 14 heteroatoms. The van der Waals surface area contributed by atoms with Crippen LogP contribution in [0.2, 0.25) is 0 Å². The zero-order valence-electron chi connectivity index (χ0n) is 16.6. The number of thiophene rings is 1. The molecule has 3 N–H and O–H groups in total. The maximum atomic E-state index is 13.1. The number of carboxylic acids is 1. The molecule has 4 heterocycles. The Bertz CT molecular complexity index is 1100. The van der Waals surface area contributed by atoms with Gasteiger partial charge in [-0.15, -0.1) is 33.3 Å². The molecule has 0 spiro atoms. The first kappa shape index (κ1) is 22.8. The lowest BCUT2D eigenvalue weighted by molar-refractivity contribution is -0.162. The van der Waals surface area contributed by atoms with Crippen molar-refractivity contribution in [1.29, 1.82) is 0 Å². The van der Waals surface area contributed by atoms with Crippen molar-refractivity contribution in [2.75, 3.05) is 11.5 Å². The van der Waals surface area contributed by atoms with E-state index in [0.717, 1.165) is 14.8 Å². The molecule has 0 radical (unpaired) electrons. The van der Waals surface area contributed by atoms with Crippen molar-refractivity contribution in [2.24, 2.45) is 0 Å². The van der Waals surface area contributed by atoms with Gasteiger partial charge in [0.05, 0.1) is 6.42 Å². The first-order chi connectivity index (χ1) is 15.4. The summed E-state index contributed by atoms with van der Waals surface area (Å²) in [5.41, 5.74) is -1.24. The van der Waals surface area contributed by atoms with Crippen molar-refractivity contribution >= 4 is 70.4 Å². The number of thioether (sulfide) groups is 2. The monoisotopic (exact) mass is 511 g/mol. The van der Waals surface area contributed by atoms with Crippen LogP contribution in [-0.2, 0) is 25.6 Å². The van der Waals surface area contributed by atoms with Crippen LogP contribution >= 0.6 is 46.2 Å². The summed E-state index contributed by atoms with van der Waals surface area (Å²) in [6.07, 6.45) is 0.393. The summed E-state index contributed by atoms with van der Waals surface area (Å²) in [5, 5.41) is 24.7. The van der Waals surface area contributed by atoms with Gasteiger partial charge < -0.3 is 15.7 Å². The Hall–Kier alpha value is -2.42. The maximum absolute atomic E-state index is 13.1. The second-order valence-corrected chi connectivity index (χ2v) is 11.4. The molecule has 32 heavy (non-hydrogen) atoms. The number of nitrogens with zero attached hydrogens (tertiary/aromatic N) is 3. The highest BCUT2D eigenvalue weighted by molar-refractivity contribution is 8.01. The Morgan fingerprint density at radius 3 is 2.88 bits per heavy atom. The van der Waals surface area contributed by atoms with Gasteiger partial charge in [0.25, 0.3) is 5.91 Å². The predicted molar refractivity (Wildman–Crippen MR) is 121 cm³/mol. The summed E-state index contributed by atoms with van der Waals surface area (Å²) in [6.45, 7) is 1.83. The number of aromatic nitrogens is 2. The van der Waals surface area contributed by atoms with Crippen LogP contribution < -0.4 is 10.6 Å². The Morgan fingerprint density at radius 1 is 1.44 bits per heavy atom. The third-order valence-corrected chi connectivity index (χ3v) is 9.10. The van der Waals surface area contributed by atoms with Gasteiger partial charge in [0.15, 0.2) is 4.34 Å². The van der Waals surface area contributed by atoms with Crippen molar-refractivity contribution in [3.8, 4) is 0 Å². The number of rotatable bonds is 9. The number of aryl methyl sites for hydroxylation is 1. The molecule has 3 amide bonds.